The Labute approximate surface area is 258 Å². The Morgan fingerprint density at radius 1 is 0.829 bits per heavy atom. The second kappa shape index (κ2) is 15.4. The minimum Gasteiger partial charge on any atom is -0.493 e. The molecule has 8 heteroatoms. The summed E-state index contributed by atoms with van der Waals surface area (Å²) >= 11 is 7.17. The summed E-state index contributed by atoms with van der Waals surface area (Å²) in [6, 6.07) is 27.1. The number of hydrogen-bond donors (Lipinski definition) is 1. The zero-order chi connectivity index (χ0) is 29.0. The Morgan fingerprint density at radius 2 is 1.51 bits per heavy atom. The number of rotatable bonds is 13. The van der Waals surface area contributed by atoms with Gasteiger partial charge in [-0.15, -0.1) is 0 Å². The SMILES string of the molecule is CCCCc1ccc(C(=O)N/N=C/c2cc(Br)c(OCc3ccc(OCc4ccccc4)c(OC)c3)c(Br)c2)cc1. The fraction of sp³-hybridized carbons (Fsp3) is 0.212. The van der Waals surface area contributed by atoms with Crippen LogP contribution in [0.15, 0.2) is 99.0 Å². The van der Waals surface area contributed by atoms with Crippen LogP contribution in [0.25, 0.3) is 0 Å². The Balaban J connectivity index is 1.33. The first-order valence-electron chi connectivity index (χ1n) is 13.3. The third kappa shape index (κ3) is 8.93. The van der Waals surface area contributed by atoms with Gasteiger partial charge in [-0.05, 0) is 103 Å². The third-order valence-electron chi connectivity index (χ3n) is 6.28. The summed E-state index contributed by atoms with van der Waals surface area (Å²) < 4.78 is 19.1. The quantitative estimate of drug-likeness (QED) is 0.114. The van der Waals surface area contributed by atoms with Crippen LogP contribution in [-0.2, 0) is 19.6 Å². The predicted molar refractivity (Wildman–Crippen MR) is 170 cm³/mol. The molecule has 4 aromatic carbocycles. The topological polar surface area (TPSA) is 69.2 Å². The number of amides is 1. The van der Waals surface area contributed by atoms with Crippen molar-refractivity contribution in [3.8, 4) is 17.2 Å². The third-order valence-corrected chi connectivity index (χ3v) is 7.46. The molecule has 0 atom stereocenters. The molecule has 6 nitrogen and oxygen atoms in total. The van der Waals surface area contributed by atoms with E-state index in [-0.39, 0.29) is 5.91 Å². The molecule has 0 fully saturated rings. The summed E-state index contributed by atoms with van der Waals surface area (Å²) in [6.07, 6.45) is 4.89. The van der Waals surface area contributed by atoms with Crippen LogP contribution in [0.5, 0.6) is 17.2 Å². The number of nitrogens with one attached hydrogen (secondary N) is 1. The van der Waals surface area contributed by atoms with Gasteiger partial charge in [-0.2, -0.15) is 5.10 Å². The number of carbonyl (C=O) groups is 1. The van der Waals surface area contributed by atoms with Crippen molar-refractivity contribution < 1.29 is 19.0 Å². The minimum atomic E-state index is -0.256. The smallest absolute Gasteiger partial charge is 0.271 e. The van der Waals surface area contributed by atoms with Gasteiger partial charge >= 0.3 is 0 Å². The number of carbonyl (C=O) groups excluding carboxylic acids is 1. The summed E-state index contributed by atoms with van der Waals surface area (Å²) in [6.45, 7) is 2.95. The van der Waals surface area contributed by atoms with Crippen LogP contribution in [0.3, 0.4) is 0 Å². The zero-order valence-electron chi connectivity index (χ0n) is 23.0. The average molecular weight is 680 g/mol. The van der Waals surface area contributed by atoms with Crippen molar-refractivity contribution in [2.45, 2.75) is 39.4 Å². The molecule has 0 saturated carbocycles. The van der Waals surface area contributed by atoms with Crippen molar-refractivity contribution >= 4 is 44.0 Å². The molecule has 4 aromatic rings. The number of benzene rings is 4. The van der Waals surface area contributed by atoms with E-state index < -0.39 is 0 Å². The molecule has 0 aliphatic heterocycles. The van der Waals surface area contributed by atoms with Crippen LogP contribution in [0.4, 0.5) is 0 Å². The molecule has 1 N–H and O–H groups in total. The van der Waals surface area contributed by atoms with E-state index in [2.05, 4.69) is 49.3 Å². The van der Waals surface area contributed by atoms with Crippen molar-refractivity contribution in [1.29, 1.82) is 0 Å². The van der Waals surface area contributed by atoms with Crippen molar-refractivity contribution in [3.05, 3.63) is 122 Å². The van der Waals surface area contributed by atoms with Gasteiger partial charge in [0.1, 0.15) is 19.0 Å². The zero-order valence-corrected chi connectivity index (χ0v) is 26.2. The van der Waals surface area contributed by atoms with Gasteiger partial charge in [-0.1, -0.05) is 61.9 Å². The second-order valence-electron chi connectivity index (χ2n) is 9.36. The van der Waals surface area contributed by atoms with Crippen LogP contribution in [0, 0.1) is 0 Å². The fourth-order valence-electron chi connectivity index (χ4n) is 4.04. The Kier molecular flexibility index (Phi) is 11.4. The highest BCUT2D eigenvalue weighted by molar-refractivity contribution is 9.11. The van der Waals surface area contributed by atoms with Crippen LogP contribution >= 0.6 is 31.9 Å². The minimum absolute atomic E-state index is 0.256. The highest BCUT2D eigenvalue weighted by Gasteiger charge is 2.12. The van der Waals surface area contributed by atoms with Crippen LogP contribution in [-0.4, -0.2) is 19.2 Å². The van der Waals surface area contributed by atoms with Crippen molar-refractivity contribution in [2.75, 3.05) is 7.11 Å². The van der Waals surface area contributed by atoms with Gasteiger partial charge in [-0.25, -0.2) is 5.43 Å². The molecule has 0 aromatic heterocycles. The summed E-state index contributed by atoms with van der Waals surface area (Å²) in [5, 5.41) is 4.12. The summed E-state index contributed by atoms with van der Waals surface area (Å²) in [7, 11) is 1.62. The molecule has 0 unspecified atom stereocenters. The first-order chi connectivity index (χ1) is 20.0. The van der Waals surface area contributed by atoms with Gasteiger partial charge in [0.2, 0.25) is 0 Å². The molecule has 0 saturated heterocycles. The summed E-state index contributed by atoms with van der Waals surface area (Å²) in [5.41, 5.74) is 7.19. The predicted octanol–water partition coefficient (Wildman–Crippen LogP) is 8.48. The van der Waals surface area contributed by atoms with Crippen LogP contribution < -0.4 is 19.6 Å². The van der Waals surface area contributed by atoms with E-state index in [4.69, 9.17) is 14.2 Å². The highest BCUT2D eigenvalue weighted by Crippen LogP contribution is 2.36. The molecule has 0 aliphatic rings. The molecule has 212 valence electrons. The number of ether oxygens (including phenoxy) is 3. The van der Waals surface area contributed by atoms with Crippen molar-refractivity contribution in [1.82, 2.24) is 5.43 Å². The van der Waals surface area contributed by atoms with E-state index in [0.29, 0.717) is 36.0 Å². The molecule has 4 rings (SSSR count). The van der Waals surface area contributed by atoms with Gasteiger partial charge in [0.25, 0.3) is 5.91 Å². The lowest BCUT2D eigenvalue weighted by atomic mass is 10.1. The number of halogens is 2. The standard InChI is InChI=1S/C33H32Br2N2O4/c1-3-4-8-23-11-14-27(15-12-23)33(38)37-36-20-26-17-28(34)32(29(35)18-26)41-22-25-13-16-30(31(19-25)39-2)40-21-24-9-6-5-7-10-24/h5-7,9-20H,3-4,8,21-22H2,1-2H3,(H,37,38)/b36-20+. The van der Waals surface area contributed by atoms with E-state index in [9.17, 15) is 4.79 Å². The molecule has 0 heterocycles. The summed E-state index contributed by atoms with van der Waals surface area (Å²) in [5.74, 6) is 1.70. The monoisotopic (exact) mass is 678 g/mol. The van der Waals surface area contributed by atoms with Gasteiger partial charge < -0.3 is 14.2 Å². The first kappa shape index (κ1) is 30.3. The lowest BCUT2D eigenvalue weighted by molar-refractivity contribution is 0.0955. The Hall–Kier alpha value is -3.62. The molecule has 0 aliphatic carbocycles. The molecular formula is C33H32Br2N2O4. The Morgan fingerprint density at radius 3 is 2.20 bits per heavy atom. The first-order valence-corrected chi connectivity index (χ1v) is 14.9. The Bertz CT molecular complexity index is 1450. The second-order valence-corrected chi connectivity index (χ2v) is 11.1. The van der Waals surface area contributed by atoms with Gasteiger partial charge in [-0.3, -0.25) is 4.79 Å². The number of hydrogen-bond acceptors (Lipinski definition) is 5. The van der Waals surface area contributed by atoms with Gasteiger partial charge in [0, 0.05) is 5.56 Å². The molecular weight excluding hydrogens is 648 g/mol. The van der Waals surface area contributed by atoms with E-state index in [1.807, 2.05) is 84.9 Å². The van der Waals surface area contributed by atoms with Crippen LogP contribution in [0.2, 0.25) is 0 Å². The van der Waals surface area contributed by atoms with E-state index >= 15 is 0 Å². The van der Waals surface area contributed by atoms with E-state index in [1.165, 1.54) is 5.56 Å². The number of hydrazone groups is 1. The average Bonchev–Trinajstić information content (AvgIpc) is 2.99. The summed E-state index contributed by atoms with van der Waals surface area (Å²) in [4.78, 5) is 12.5. The molecule has 0 spiro atoms. The highest BCUT2D eigenvalue weighted by atomic mass is 79.9. The molecule has 0 bridgehead atoms. The number of aryl methyl sites for hydroxylation is 1. The fourth-order valence-corrected chi connectivity index (χ4v) is 5.49. The van der Waals surface area contributed by atoms with Gasteiger partial charge in [0.15, 0.2) is 11.5 Å². The number of unbranched alkanes of at least 4 members (excludes halogenated alkanes) is 1. The normalized spacial score (nSPS) is 10.9. The molecule has 41 heavy (non-hydrogen) atoms. The largest absolute Gasteiger partial charge is 0.493 e. The van der Waals surface area contributed by atoms with Crippen molar-refractivity contribution in [3.63, 3.8) is 0 Å². The molecule has 1 amide bonds. The maximum Gasteiger partial charge on any atom is 0.271 e. The lowest BCUT2D eigenvalue weighted by Gasteiger charge is -2.14. The lowest BCUT2D eigenvalue weighted by Crippen LogP contribution is -2.17. The van der Waals surface area contributed by atoms with Gasteiger partial charge in [0.05, 0.1) is 22.3 Å². The number of nitrogens with zero attached hydrogens (tertiary/aromatic N) is 1. The maximum absolute atomic E-state index is 12.5. The van der Waals surface area contributed by atoms with E-state index in [1.54, 1.807) is 13.3 Å². The maximum atomic E-state index is 12.5. The number of methoxy groups -OCH3 is 1. The van der Waals surface area contributed by atoms with Crippen molar-refractivity contribution in [2.24, 2.45) is 5.10 Å². The van der Waals surface area contributed by atoms with Crippen LogP contribution in [0.1, 0.15) is 52.4 Å². The molecule has 0 radical (unpaired) electrons. The van der Waals surface area contributed by atoms with E-state index in [0.717, 1.165) is 44.9 Å².